The normalized spacial score (nSPS) is 17.2. The zero-order valence-electron chi connectivity index (χ0n) is 15.8. The zero-order valence-corrected chi connectivity index (χ0v) is 15.8. The van der Waals surface area contributed by atoms with Crippen LogP contribution < -0.4 is 15.1 Å². The van der Waals surface area contributed by atoms with Crippen LogP contribution in [-0.2, 0) is 13.0 Å². The van der Waals surface area contributed by atoms with Crippen LogP contribution in [0.1, 0.15) is 28.4 Å². The number of hydrogen-bond acceptors (Lipinski definition) is 4. The molecule has 2 aromatic heterocycles. The number of para-hydroxylation sites is 1. The summed E-state index contributed by atoms with van der Waals surface area (Å²) in [4.78, 5) is 23.6. The molecule has 1 atom stereocenters. The second-order valence-corrected chi connectivity index (χ2v) is 7.58. The lowest BCUT2D eigenvalue weighted by atomic mass is 9.98. The van der Waals surface area contributed by atoms with Gasteiger partial charge in [-0.3, -0.25) is 4.79 Å². The summed E-state index contributed by atoms with van der Waals surface area (Å²) in [6, 6.07) is 19.9. The van der Waals surface area contributed by atoms with Crippen LogP contribution in [-0.4, -0.2) is 16.6 Å². The maximum Gasteiger partial charge on any atom is 0.194 e. The average Bonchev–Trinajstić information content (AvgIpc) is 3.39. The van der Waals surface area contributed by atoms with E-state index in [1.807, 2.05) is 48.5 Å². The Bertz CT molecular complexity index is 1300. The van der Waals surface area contributed by atoms with Gasteiger partial charge in [-0.05, 0) is 47.5 Å². The van der Waals surface area contributed by atoms with E-state index in [9.17, 15) is 4.79 Å². The molecule has 1 N–H and O–H groups in total. The van der Waals surface area contributed by atoms with Gasteiger partial charge in [-0.25, -0.2) is 4.98 Å². The number of fused-ring (bicyclic) bond motifs is 3. The van der Waals surface area contributed by atoms with E-state index >= 15 is 0 Å². The molecule has 2 aliphatic heterocycles. The van der Waals surface area contributed by atoms with Gasteiger partial charge in [0, 0.05) is 29.1 Å². The molecule has 4 heterocycles. The average molecular weight is 381 g/mol. The van der Waals surface area contributed by atoms with Crippen molar-refractivity contribution in [2.24, 2.45) is 0 Å². The van der Waals surface area contributed by atoms with Crippen LogP contribution in [0.25, 0.3) is 10.9 Å². The Balaban J connectivity index is 1.59. The maximum atomic E-state index is 13.3. The van der Waals surface area contributed by atoms with Crippen LogP contribution in [0.5, 0.6) is 5.75 Å². The van der Waals surface area contributed by atoms with Crippen LogP contribution in [0.15, 0.2) is 71.7 Å². The van der Waals surface area contributed by atoms with Crippen LogP contribution in [0.3, 0.4) is 0 Å². The number of H-pyrrole nitrogens is 1. The van der Waals surface area contributed by atoms with Crippen LogP contribution >= 0.6 is 0 Å². The van der Waals surface area contributed by atoms with Gasteiger partial charge < -0.3 is 14.6 Å². The Morgan fingerprint density at radius 3 is 2.86 bits per heavy atom. The first-order chi connectivity index (χ1) is 14.3. The smallest absolute Gasteiger partial charge is 0.194 e. The molecule has 6 rings (SSSR count). The lowest BCUT2D eigenvalue weighted by Crippen LogP contribution is -2.23. The number of aromatic nitrogens is 2. The zero-order chi connectivity index (χ0) is 19.4. The molecule has 0 fully saturated rings. The first-order valence-electron chi connectivity index (χ1n) is 9.87. The molecule has 0 amide bonds. The fraction of sp³-hybridized carbons (Fsp3) is 0.167. The van der Waals surface area contributed by atoms with Gasteiger partial charge in [0.25, 0.3) is 0 Å². The van der Waals surface area contributed by atoms with E-state index in [2.05, 4.69) is 27.0 Å². The Hall–Kier alpha value is -3.60. The number of nitrogens with one attached hydrogen (secondary N) is 1. The van der Waals surface area contributed by atoms with E-state index in [0.29, 0.717) is 6.54 Å². The molecule has 0 saturated carbocycles. The summed E-state index contributed by atoms with van der Waals surface area (Å²) in [6.45, 7) is 1.26. The van der Waals surface area contributed by atoms with E-state index in [1.165, 1.54) is 5.56 Å². The Kier molecular flexibility index (Phi) is 3.50. The molecule has 29 heavy (non-hydrogen) atoms. The summed E-state index contributed by atoms with van der Waals surface area (Å²) < 4.78 is 5.69. The Morgan fingerprint density at radius 1 is 1.07 bits per heavy atom. The van der Waals surface area contributed by atoms with Crippen molar-refractivity contribution in [1.29, 1.82) is 0 Å². The van der Waals surface area contributed by atoms with E-state index < -0.39 is 0 Å². The third-order valence-electron chi connectivity index (χ3n) is 5.93. The highest BCUT2D eigenvalue weighted by Crippen LogP contribution is 2.41. The standard InChI is InChI=1S/C24H19N3O2/c28-24-17-5-1-2-6-19(17)26-22-18(24)14-27(21-7-3-4-11-25-21)23(22)16-8-9-20-15(13-16)10-12-29-20/h1-9,11,13,23H,10,12,14H2,(H,26,28). The number of pyridine rings is 2. The van der Waals surface area contributed by atoms with Gasteiger partial charge in [0.05, 0.1) is 24.9 Å². The monoisotopic (exact) mass is 381 g/mol. The van der Waals surface area contributed by atoms with Gasteiger partial charge in [0.2, 0.25) is 0 Å². The number of hydrogen-bond donors (Lipinski definition) is 1. The quantitative estimate of drug-likeness (QED) is 0.571. The summed E-state index contributed by atoms with van der Waals surface area (Å²) in [5.41, 5.74) is 5.11. The molecule has 5 heteroatoms. The van der Waals surface area contributed by atoms with Crippen molar-refractivity contribution in [3.63, 3.8) is 0 Å². The molecule has 5 nitrogen and oxygen atoms in total. The molecule has 0 saturated heterocycles. The molecule has 2 aliphatic rings. The highest BCUT2D eigenvalue weighted by Gasteiger charge is 2.36. The molecule has 0 spiro atoms. The highest BCUT2D eigenvalue weighted by molar-refractivity contribution is 5.80. The van der Waals surface area contributed by atoms with Crippen molar-refractivity contribution < 1.29 is 4.74 Å². The highest BCUT2D eigenvalue weighted by atomic mass is 16.5. The van der Waals surface area contributed by atoms with Gasteiger partial charge in [-0.1, -0.05) is 24.3 Å². The van der Waals surface area contributed by atoms with E-state index in [1.54, 1.807) is 6.20 Å². The predicted octanol–water partition coefficient (Wildman–Crippen LogP) is 3.97. The molecular formula is C24H19N3O2. The van der Waals surface area contributed by atoms with Crippen molar-refractivity contribution in [2.45, 2.75) is 19.0 Å². The molecule has 0 radical (unpaired) electrons. The fourth-order valence-corrected chi connectivity index (χ4v) is 4.56. The van der Waals surface area contributed by atoms with Crippen LogP contribution in [0.2, 0.25) is 0 Å². The largest absolute Gasteiger partial charge is 0.493 e. The molecule has 2 aromatic carbocycles. The molecular weight excluding hydrogens is 362 g/mol. The minimum absolute atomic E-state index is 0.0943. The number of nitrogens with zero attached hydrogens (tertiary/aromatic N) is 2. The lowest BCUT2D eigenvalue weighted by Gasteiger charge is -2.26. The molecule has 142 valence electrons. The molecule has 1 unspecified atom stereocenters. The number of rotatable bonds is 2. The van der Waals surface area contributed by atoms with Crippen molar-refractivity contribution >= 4 is 16.7 Å². The van der Waals surface area contributed by atoms with Crippen molar-refractivity contribution in [3.8, 4) is 5.75 Å². The molecule has 0 aliphatic carbocycles. The number of ether oxygens (including phenoxy) is 1. The van der Waals surface area contributed by atoms with E-state index in [-0.39, 0.29) is 11.5 Å². The maximum absolute atomic E-state index is 13.3. The SMILES string of the molecule is O=c1c2c([nH]c3ccccc13)C(c1ccc3c(c1)CCO3)N(c1ccccn1)C2. The fourth-order valence-electron chi connectivity index (χ4n) is 4.56. The molecule has 0 bridgehead atoms. The van der Waals surface area contributed by atoms with Gasteiger partial charge in [-0.15, -0.1) is 0 Å². The first-order valence-corrected chi connectivity index (χ1v) is 9.87. The van der Waals surface area contributed by atoms with Crippen molar-refractivity contribution in [2.75, 3.05) is 11.5 Å². The van der Waals surface area contributed by atoms with Gasteiger partial charge in [0.15, 0.2) is 5.43 Å². The van der Waals surface area contributed by atoms with E-state index in [4.69, 9.17) is 4.74 Å². The summed E-state index contributed by atoms with van der Waals surface area (Å²) in [7, 11) is 0. The summed E-state index contributed by atoms with van der Waals surface area (Å²) in [5.74, 6) is 1.82. The van der Waals surface area contributed by atoms with E-state index in [0.717, 1.165) is 52.3 Å². The van der Waals surface area contributed by atoms with Crippen molar-refractivity contribution in [1.82, 2.24) is 9.97 Å². The minimum Gasteiger partial charge on any atom is -0.493 e. The first kappa shape index (κ1) is 16.4. The van der Waals surface area contributed by atoms with Crippen LogP contribution in [0, 0.1) is 0 Å². The summed E-state index contributed by atoms with van der Waals surface area (Å²) in [5, 5.41) is 0.732. The minimum atomic E-state index is -0.0943. The van der Waals surface area contributed by atoms with Gasteiger partial charge in [-0.2, -0.15) is 0 Å². The lowest BCUT2D eigenvalue weighted by molar-refractivity contribution is 0.357. The van der Waals surface area contributed by atoms with Gasteiger partial charge >= 0.3 is 0 Å². The third kappa shape index (κ3) is 2.47. The Labute approximate surface area is 167 Å². The third-order valence-corrected chi connectivity index (χ3v) is 5.93. The summed E-state index contributed by atoms with van der Waals surface area (Å²) in [6.07, 6.45) is 2.71. The number of benzene rings is 2. The summed E-state index contributed by atoms with van der Waals surface area (Å²) >= 11 is 0. The number of aromatic amines is 1. The second kappa shape index (κ2) is 6.21. The van der Waals surface area contributed by atoms with Crippen molar-refractivity contribution in [3.05, 3.63) is 99.5 Å². The Morgan fingerprint density at radius 2 is 1.97 bits per heavy atom. The predicted molar refractivity (Wildman–Crippen MR) is 112 cm³/mol. The molecule has 4 aromatic rings. The topological polar surface area (TPSA) is 58.2 Å². The number of anilines is 1. The van der Waals surface area contributed by atoms with Gasteiger partial charge in [0.1, 0.15) is 11.6 Å². The second-order valence-electron chi connectivity index (χ2n) is 7.58. The van der Waals surface area contributed by atoms with Crippen LogP contribution in [0.4, 0.5) is 5.82 Å².